The molecule has 1 aromatic carbocycles. The van der Waals surface area contributed by atoms with Crippen molar-refractivity contribution in [2.75, 3.05) is 38.2 Å². The number of alkyl halides is 3. The number of likely N-dealkylation sites (N-methyl/N-ethyl adjacent to an activating group) is 1. The monoisotopic (exact) mass is 508 g/mol. The van der Waals surface area contributed by atoms with Crippen LogP contribution >= 0.6 is 0 Å². The van der Waals surface area contributed by atoms with Crippen LogP contribution in [-0.4, -0.2) is 69.8 Å². The third-order valence-electron chi connectivity index (χ3n) is 6.65. The molecule has 4 rings (SSSR count). The first-order valence-electron chi connectivity index (χ1n) is 11.7. The van der Waals surface area contributed by atoms with Crippen LogP contribution in [0.1, 0.15) is 47.3 Å². The van der Waals surface area contributed by atoms with Gasteiger partial charge in [-0.05, 0) is 38.9 Å². The molecule has 1 aliphatic heterocycles. The zero-order chi connectivity index (χ0) is 26.0. The number of fused-ring (bicyclic) bond motifs is 1. The van der Waals surface area contributed by atoms with E-state index >= 15 is 0 Å². The number of aromatic nitrogens is 3. The van der Waals surface area contributed by atoms with E-state index in [1.807, 2.05) is 7.05 Å². The molecular weight excluding hydrogens is 480 g/mol. The normalized spacial score (nSPS) is 16.1. The Morgan fingerprint density at radius 1 is 1.31 bits per heavy atom. The van der Waals surface area contributed by atoms with Crippen LogP contribution in [-0.2, 0) is 6.18 Å². The second-order valence-corrected chi connectivity index (χ2v) is 8.97. The molecule has 1 atom stereocenters. The van der Waals surface area contributed by atoms with Gasteiger partial charge in [0, 0.05) is 37.4 Å². The van der Waals surface area contributed by atoms with Crippen molar-refractivity contribution in [3.8, 4) is 0 Å². The third-order valence-corrected chi connectivity index (χ3v) is 6.65. The fourth-order valence-electron chi connectivity index (χ4n) is 4.61. The van der Waals surface area contributed by atoms with Gasteiger partial charge < -0.3 is 20.2 Å². The average Bonchev–Trinajstić information content (AvgIpc) is 3.32. The Bertz CT molecular complexity index is 1220. The summed E-state index contributed by atoms with van der Waals surface area (Å²) in [4.78, 5) is 21.6. The molecule has 36 heavy (non-hydrogen) atoms. The lowest BCUT2D eigenvalue weighted by atomic mass is 10.0. The SMILES string of the molecule is C[C@@H](NC(=O)c1cc(N2CCC(N(C)CCO)CC2)c2ncnn2c1)c1cccc(C(F)(F)F)c1F. The molecule has 2 N–H and O–H groups in total. The summed E-state index contributed by atoms with van der Waals surface area (Å²) >= 11 is 0. The topological polar surface area (TPSA) is 86.0 Å². The average molecular weight is 509 g/mol. The molecule has 194 valence electrons. The van der Waals surface area contributed by atoms with Gasteiger partial charge in [-0.3, -0.25) is 4.79 Å². The molecule has 1 fully saturated rings. The standard InChI is InChI=1S/C24H28F4N6O2/c1-15(18-4-3-5-19(21(18)25)24(26,27)28)31-23(36)16-12-20(22-29-14-30-34(22)13-16)33-8-6-17(7-9-33)32(2)10-11-35/h3-5,12-15,17,35H,6-11H2,1-2H3,(H,31,36)/t15-/m1/s1. The maximum Gasteiger partial charge on any atom is 0.419 e. The number of carbonyl (C=O) groups is 1. The molecule has 0 saturated carbocycles. The van der Waals surface area contributed by atoms with Gasteiger partial charge >= 0.3 is 6.18 Å². The predicted octanol–water partition coefficient (Wildman–Crippen LogP) is 3.27. The summed E-state index contributed by atoms with van der Waals surface area (Å²) < 4.78 is 55.4. The quantitative estimate of drug-likeness (QED) is 0.477. The smallest absolute Gasteiger partial charge is 0.395 e. The van der Waals surface area contributed by atoms with Gasteiger partial charge in [0.05, 0.1) is 29.5 Å². The van der Waals surface area contributed by atoms with Crippen molar-refractivity contribution in [3.05, 3.63) is 59.3 Å². The number of benzene rings is 1. The molecule has 3 aromatic rings. The maximum absolute atomic E-state index is 14.6. The first kappa shape index (κ1) is 25.8. The van der Waals surface area contributed by atoms with Crippen LogP contribution in [0.5, 0.6) is 0 Å². The van der Waals surface area contributed by atoms with Crippen molar-refractivity contribution < 1.29 is 27.5 Å². The number of anilines is 1. The zero-order valence-electron chi connectivity index (χ0n) is 20.0. The van der Waals surface area contributed by atoms with Gasteiger partial charge in [0.1, 0.15) is 12.1 Å². The van der Waals surface area contributed by atoms with Crippen LogP contribution in [0, 0.1) is 5.82 Å². The van der Waals surface area contributed by atoms with E-state index in [1.165, 1.54) is 30.0 Å². The maximum atomic E-state index is 14.6. The highest BCUT2D eigenvalue weighted by atomic mass is 19.4. The summed E-state index contributed by atoms with van der Waals surface area (Å²) in [6.45, 7) is 3.54. The Labute approximate surface area is 205 Å². The van der Waals surface area contributed by atoms with Crippen LogP contribution in [0.3, 0.4) is 0 Å². The van der Waals surface area contributed by atoms with Gasteiger partial charge in [-0.2, -0.15) is 18.3 Å². The summed E-state index contributed by atoms with van der Waals surface area (Å²) in [6.07, 6.45) is -0.254. The largest absolute Gasteiger partial charge is 0.419 e. The number of hydrogen-bond donors (Lipinski definition) is 2. The van der Waals surface area contributed by atoms with E-state index < -0.39 is 29.5 Å². The Morgan fingerprint density at radius 2 is 2.03 bits per heavy atom. The Hall–Kier alpha value is -3.25. The van der Waals surface area contributed by atoms with E-state index in [2.05, 4.69) is 25.2 Å². The van der Waals surface area contributed by atoms with Crippen LogP contribution < -0.4 is 10.2 Å². The number of aliphatic hydroxyl groups excluding tert-OH is 1. The van der Waals surface area contributed by atoms with Gasteiger partial charge in [-0.1, -0.05) is 12.1 Å². The van der Waals surface area contributed by atoms with Crippen molar-refractivity contribution >= 4 is 17.2 Å². The van der Waals surface area contributed by atoms with Crippen LogP contribution in [0.2, 0.25) is 0 Å². The molecule has 0 radical (unpaired) electrons. The minimum Gasteiger partial charge on any atom is -0.395 e. The van der Waals surface area contributed by atoms with Crippen molar-refractivity contribution in [2.24, 2.45) is 0 Å². The number of rotatable bonds is 7. The Kier molecular flexibility index (Phi) is 7.46. The minimum atomic E-state index is -4.84. The second-order valence-electron chi connectivity index (χ2n) is 8.97. The molecular formula is C24H28F4N6O2. The van der Waals surface area contributed by atoms with E-state index in [4.69, 9.17) is 0 Å². The van der Waals surface area contributed by atoms with E-state index in [0.717, 1.165) is 18.9 Å². The number of pyridine rings is 1. The summed E-state index contributed by atoms with van der Waals surface area (Å²) in [5.74, 6) is -1.98. The number of nitrogens with one attached hydrogen (secondary N) is 1. The lowest BCUT2D eigenvalue weighted by Gasteiger charge is -2.37. The highest BCUT2D eigenvalue weighted by Crippen LogP contribution is 2.34. The molecule has 2 aromatic heterocycles. The van der Waals surface area contributed by atoms with Crippen molar-refractivity contribution in [1.29, 1.82) is 0 Å². The summed E-state index contributed by atoms with van der Waals surface area (Å²) in [5.41, 5.74) is -0.122. The molecule has 1 amide bonds. The molecule has 0 unspecified atom stereocenters. The predicted molar refractivity (Wildman–Crippen MR) is 125 cm³/mol. The highest BCUT2D eigenvalue weighted by molar-refractivity contribution is 5.96. The lowest BCUT2D eigenvalue weighted by molar-refractivity contribution is -0.140. The van der Waals surface area contributed by atoms with Gasteiger partial charge in [0.2, 0.25) is 0 Å². The molecule has 8 nitrogen and oxygen atoms in total. The molecule has 0 aliphatic carbocycles. The second kappa shape index (κ2) is 10.4. The number of nitrogens with zero attached hydrogens (tertiary/aromatic N) is 5. The third kappa shape index (κ3) is 5.29. The van der Waals surface area contributed by atoms with Gasteiger partial charge in [-0.25, -0.2) is 13.9 Å². The van der Waals surface area contributed by atoms with E-state index in [-0.39, 0.29) is 17.7 Å². The van der Waals surface area contributed by atoms with Gasteiger partial charge in [0.25, 0.3) is 5.91 Å². The molecule has 3 heterocycles. The Morgan fingerprint density at radius 3 is 2.69 bits per heavy atom. The van der Waals surface area contributed by atoms with Crippen molar-refractivity contribution in [3.63, 3.8) is 0 Å². The number of carbonyl (C=O) groups excluding carboxylic acids is 1. The molecule has 0 spiro atoms. The van der Waals surface area contributed by atoms with E-state index in [0.29, 0.717) is 43.1 Å². The first-order chi connectivity index (χ1) is 17.1. The van der Waals surface area contributed by atoms with Crippen LogP contribution in [0.15, 0.2) is 36.8 Å². The molecule has 12 heteroatoms. The number of hydrogen-bond acceptors (Lipinski definition) is 6. The summed E-state index contributed by atoms with van der Waals surface area (Å²) in [6, 6.07) is 4.00. The Balaban J connectivity index is 1.55. The van der Waals surface area contributed by atoms with Gasteiger partial charge in [0.15, 0.2) is 5.65 Å². The first-order valence-corrected chi connectivity index (χ1v) is 11.7. The van der Waals surface area contributed by atoms with Crippen LogP contribution in [0.4, 0.5) is 23.2 Å². The van der Waals surface area contributed by atoms with Crippen molar-refractivity contribution in [2.45, 2.75) is 38.0 Å². The molecule has 0 bridgehead atoms. The van der Waals surface area contributed by atoms with Crippen molar-refractivity contribution in [1.82, 2.24) is 24.8 Å². The number of halogens is 4. The van der Waals surface area contributed by atoms with E-state index in [1.54, 1.807) is 6.07 Å². The minimum absolute atomic E-state index is 0.0943. The van der Waals surface area contributed by atoms with Crippen LogP contribution in [0.25, 0.3) is 5.65 Å². The fourth-order valence-corrected chi connectivity index (χ4v) is 4.61. The number of aliphatic hydroxyl groups is 1. The van der Waals surface area contributed by atoms with E-state index in [9.17, 15) is 27.5 Å². The molecule has 1 saturated heterocycles. The highest BCUT2D eigenvalue weighted by Gasteiger charge is 2.35. The van der Waals surface area contributed by atoms with Gasteiger partial charge in [-0.15, -0.1) is 0 Å². The molecule has 1 aliphatic rings. The number of amides is 1. The lowest BCUT2D eigenvalue weighted by Crippen LogP contribution is -2.44. The fraction of sp³-hybridized carbons (Fsp3) is 0.458. The summed E-state index contributed by atoms with van der Waals surface area (Å²) in [7, 11) is 1.98. The number of piperidine rings is 1. The summed E-state index contributed by atoms with van der Waals surface area (Å²) in [5, 5.41) is 15.9. The zero-order valence-corrected chi connectivity index (χ0v) is 20.0.